The molecule has 1 unspecified atom stereocenters. The second kappa shape index (κ2) is 10.3. The van der Waals surface area contributed by atoms with Gasteiger partial charge in [-0.05, 0) is 56.2 Å². The van der Waals surface area contributed by atoms with Gasteiger partial charge in [0, 0.05) is 24.4 Å². The van der Waals surface area contributed by atoms with E-state index in [0.717, 1.165) is 67.7 Å². The third-order valence-electron chi connectivity index (χ3n) is 5.85. The minimum atomic E-state index is -0.224. The van der Waals surface area contributed by atoms with E-state index >= 15 is 0 Å². The highest BCUT2D eigenvalue weighted by Crippen LogP contribution is 2.29. The third kappa shape index (κ3) is 5.49. The first kappa shape index (κ1) is 21.9. The Kier molecular flexibility index (Phi) is 7.29. The molecular weight excluding hydrogens is 414 g/mol. The van der Waals surface area contributed by atoms with Crippen LogP contribution >= 0.6 is 11.8 Å². The molecular formula is C23H29N3O4S. The van der Waals surface area contributed by atoms with Gasteiger partial charge in [0.2, 0.25) is 5.91 Å². The number of carbonyl (C=O) groups is 1. The van der Waals surface area contributed by atoms with E-state index < -0.39 is 0 Å². The molecule has 0 bridgehead atoms. The Morgan fingerprint density at radius 2 is 2.13 bits per heavy atom. The second-order valence-corrected chi connectivity index (χ2v) is 8.92. The fraction of sp³-hybridized carbons (Fsp3) is 0.522. The largest absolute Gasteiger partial charge is 0.497 e. The number of thioether (sulfide) groups is 1. The zero-order valence-corrected chi connectivity index (χ0v) is 18.7. The van der Waals surface area contributed by atoms with Crippen molar-refractivity contribution in [1.82, 2.24) is 14.9 Å². The Labute approximate surface area is 186 Å². The van der Waals surface area contributed by atoms with Gasteiger partial charge in [0.25, 0.3) is 0 Å². The molecule has 0 saturated carbocycles. The summed E-state index contributed by atoms with van der Waals surface area (Å²) in [6, 6.07) is 7.83. The summed E-state index contributed by atoms with van der Waals surface area (Å²) in [4.78, 5) is 29.3. The van der Waals surface area contributed by atoms with Crippen LogP contribution in [0.3, 0.4) is 0 Å². The van der Waals surface area contributed by atoms with Gasteiger partial charge in [0.15, 0.2) is 0 Å². The van der Waals surface area contributed by atoms with Gasteiger partial charge < -0.3 is 14.8 Å². The molecule has 0 radical (unpaired) electrons. The van der Waals surface area contributed by atoms with E-state index in [1.807, 2.05) is 24.3 Å². The Morgan fingerprint density at radius 1 is 1.29 bits per heavy atom. The van der Waals surface area contributed by atoms with Crippen LogP contribution < -0.4 is 15.7 Å². The van der Waals surface area contributed by atoms with Crippen LogP contribution in [0.25, 0.3) is 0 Å². The fourth-order valence-corrected chi connectivity index (χ4v) is 5.12. The fourth-order valence-electron chi connectivity index (χ4n) is 4.21. The molecule has 4 rings (SSSR count). The van der Waals surface area contributed by atoms with Crippen LogP contribution in [0.2, 0.25) is 0 Å². The molecule has 1 fully saturated rings. The number of rotatable bonds is 9. The summed E-state index contributed by atoms with van der Waals surface area (Å²) in [6.07, 6.45) is 5.74. The minimum Gasteiger partial charge on any atom is -0.497 e. The maximum Gasteiger partial charge on any atom is 0.348 e. The van der Waals surface area contributed by atoms with Crippen molar-refractivity contribution in [1.29, 1.82) is 0 Å². The molecule has 1 aliphatic carbocycles. The number of nitrogens with one attached hydrogen (secondary N) is 1. The molecule has 8 heteroatoms. The Hall–Kier alpha value is -2.32. The van der Waals surface area contributed by atoms with Gasteiger partial charge in [-0.2, -0.15) is 4.98 Å². The van der Waals surface area contributed by atoms with Gasteiger partial charge >= 0.3 is 5.69 Å². The van der Waals surface area contributed by atoms with Gasteiger partial charge in [-0.1, -0.05) is 23.9 Å². The maximum absolute atomic E-state index is 12.7. The van der Waals surface area contributed by atoms with Crippen molar-refractivity contribution in [2.75, 3.05) is 26.0 Å². The standard InChI is InChI=1S/C23H29N3O4S/c1-29-17-9-7-16(8-10-17)11-12-24-21(27)15-31-22-19-5-2-6-20(19)26(23(28)25-22)14-18-4-3-13-30-18/h7-10,18H,2-6,11-15H2,1H3,(H,24,27). The van der Waals surface area contributed by atoms with Crippen LogP contribution in [-0.2, 0) is 35.3 Å². The third-order valence-corrected chi connectivity index (χ3v) is 6.86. The molecule has 31 heavy (non-hydrogen) atoms. The van der Waals surface area contributed by atoms with Crippen LogP contribution in [0, 0.1) is 0 Å². The molecule has 1 N–H and O–H groups in total. The summed E-state index contributed by atoms with van der Waals surface area (Å²) in [5.41, 5.74) is 3.13. The summed E-state index contributed by atoms with van der Waals surface area (Å²) < 4.78 is 12.7. The monoisotopic (exact) mass is 443 g/mol. The molecule has 1 saturated heterocycles. The van der Waals surface area contributed by atoms with E-state index in [1.165, 1.54) is 11.8 Å². The number of nitrogens with zero attached hydrogens (tertiary/aromatic N) is 2. The quantitative estimate of drug-likeness (QED) is 0.473. The number of hydrogen-bond acceptors (Lipinski definition) is 6. The lowest BCUT2D eigenvalue weighted by Crippen LogP contribution is -2.32. The molecule has 2 aromatic rings. The normalized spacial score (nSPS) is 17.5. The molecule has 1 aromatic heterocycles. The zero-order chi connectivity index (χ0) is 21.6. The van der Waals surface area contributed by atoms with Gasteiger partial charge in [0.1, 0.15) is 10.8 Å². The highest BCUT2D eigenvalue weighted by atomic mass is 32.2. The summed E-state index contributed by atoms with van der Waals surface area (Å²) in [5.74, 6) is 1.04. The molecule has 1 atom stereocenters. The topological polar surface area (TPSA) is 82.5 Å². The first-order valence-corrected chi connectivity index (χ1v) is 11.9. The number of benzene rings is 1. The van der Waals surface area contributed by atoms with Crippen LogP contribution in [0.5, 0.6) is 5.75 Å². The molecule has 7 nitrogen and oxygen atoms in total. The first-order chi connectivity index (χ1) is 15.1. The highest BCUT2D eigenvalue weighted by molar-refractivity contribution is 7.99. The van der Waals surface area contributed by atoms with Crippen LogP contribution in [0.4, 0.5) is 0 Å². The minimum absolute atomic E-state index is 0.0457. The average Bonchev–Trinajstić information content (AvgIpc) is 3.47. The van der Waals surface area contributed by atoms with Gasteiger partial charge in [0.05, 0.1) is 25.5 Å². The highest BCUT2D eigenvalue weighted by Gasteiger charge is 2.25. The van der Waals surface area contributed by atoms with Crippen LogP contribution in [-0.4, -0.2) is 47.6 Å². The van der Waals surface area contributed by atoms with Crippen molar-refractivity contribution in [3.05, 3.63) is 51.6 Å². The van der Waals surface area contributed by atoms with Crippen molar-refractivity contribution in [2.24, 2.45) is 0 Å². The van der Waals surface area contributed by atoms with Gasteiger partial charge in [-0.25, -0.2) is 4.79 Å². The maximum atomic E-state index is 12.7. The summed E-state index contributed by atoms with van der Waals surface area (Å²) in [6.45, 7) is 1.93. The van der Waals surface area contributed by atoms with Crippen molar-refractivity contribution < 1.29 is 14.3 Å². The van der Waals surface area contributed by atoms with Gasteiger partial charge in [-0.15, -0.1) is 0 Å². The lowest BCUT2D eigenvalue weighted by Gasteiger charge is -2.17. The summed E-state index contributed by atoms with van der Waals surface area (Å²) in [7, 11) is 1.64. The molecule has 1 aliphatic heterocycles. The van der Waals surface area contributed by atoms with Crippen molar-refractivity contribution >= 4 is 17.7 Å². The van der Waals surface area contributed by atoms with Crippen molar-refractivity contribution in [2.45, 2.75) is 56.2 Å². The number of methoxy groups -OCH3 is 1. The Morgan fingerprint density at radius 3 is 2.87 bits per heavy atom. The number of hydrogen-bond donors (Lipinski definition) is 1. The van der Waals surface area contributed by atoms with Crippen molar-refractivity contribution in [3.8, 4) is 5.75 Å². The number of aromatic nitrogens is 2. The van der Waals surface area contributed by atoms with Crippen molar-refractivity contribution in [3.63, 3.8) is 0 Å². The van der Waals surface area contributed by atoms with E-state index in [4.69, 9.17) is 9.47 Å². The number of carbonyl (C=O) groups excluding carboxylic acids is 1. The average molecular weight is 444 g/mol. The molecule has 1 aromatic carbocycles. The number of ether oxygens (including phenoxy) is 2. The molecule has 2 heterocycles. The second-order valence-electron chi connectivity index (χ2n) is 7.96. The number of amides is 1. The lowest BCUT2D eigenvalue weighted by molar-refractivity contribution is -0.118. The summed E-state index contributed by atoms with van der Waals surface area (Å²) >= 11 is 1.37. The molecule has 2 aliphatic rings. The van der Waals surface area contributed by atoms with E-state index in [9.17, 15) is 9.59 Å². The Balaban J connectivity index is 1.31. The smallest absolute Gasteiger partial charge is 0.348 e. The van der Waals surface area contributed by atoms with E-state index in [-0.39, 0.29) is 23.5 Å². The SMILES string of the molecule is COc1ccc(CCNC(=O)CSc2nc(=O)n(CC3CCCO3)c3c2CCC3)cc1. The van der Waals surface area contributed by atoms with E-state index in [2.05, 4.69) is 10.3 Å². The predicted octanol–water partition coefficient (Wildman–Crippen LogP) is 2.37. The van der Waals surface area contributed by atoms with Crippen LogP contribution in [0.15, 0.2) is 34.1 Å². The van der Waals surface area contributed by atoms with Crippen LogP contribution in [0.1, 0.15) is 36.1 Å². The zero-order valence-electron chi connectivity index (χ0n) is 17.9. The molecule has 1 amide bonds. The summed E-state index contributed by atoms with van der Waals surface area (Å²) in [5, 5.41) is 3.67. The van der Waals surface area contributed by atoms with E-state index in [1.54, 1.807) is 11.7 Å². The lowest BCUT2D eigenvalue weighted by atomic mass is 10.1. The van der Waals surface area contributed by atoms with Gasteiger partial charge in [-0.3, -0.25) is 9.36 Å². The van der Waals surface area contributed by atoms with E-state index in [0.29, 0.717) is 18.1 Å². The Bertz CT molecular complexity index is 968. The number of fused-ring (bicyclic) bond motifs is 1. The molecule has 166 valence electrons. The predicted molar refractivity (Wildman–Crippen MR) is 120 cm³/mol. The molecule has 0 spiro atoms. The first-order valence-electron chi connectivity index (χ1n) is 10.9.